The van der Waals surface area contributed by atoms with Gasteiger partial charge < -0.3 is 10.6 Å². The maximum Gasteiger partial charge on any atom is 0.234 e. The van der Waals surface area contributed by atoms with Crippen molar-refractivity contribution in [2.75, 3.05) is 16.4 Å². The molecule has 0 spiro atoms. The molecule has 0 radical (unpaired) electrons. The molecule has 3 rings (SSSR count). The van der Waals surface area contributed by atoms with Crippen LogP contribution in [0, 0.1) is 6.92 Å². The van der Waals surface area contributed by atoms with Crippen LogP contribution >= 0.6 is 34.7 Å². The number of fused-ring (bicyclic) bond motifs is 1. The number of halogens is 1. The van der Waals surface area contributed by atoms with Gasteiger partial charge in [-0.15, -0.1) is 11.3 Å². The van der Waals surface area contributed by atoms with Gasteiger partial charge in [-0.2, -0.15) is 0 Å². The summed E-state index contributed by atoms with van der Waals surface area (Å²) in [7, 11) is 0. The van der Waals surface area contributed by atoms with Crippen molar-refractivity contribution in [2.24, 2.45) is 0 Å². The number of anilines is 2. The number of aromatic nitrogens is 1. The zero-order valence-corrected chi connectivity index (χ0v) is 16.5. The van der Waals surface area contributed by atoms with Gasteiger partial charge in [-0.05, 0) is 42.8 Å². The lowest BCUT2D eigenvalue weighted by Crippen LogP contribution is -2.13. The van der Waals surface area contributed by atoms with Crippen LogP contribution in [0.2, 0.25) is 5.02 Å². The highest BCUT2D eigenvalue weighted by atomic mass is 35.5. The minimum atomic E-state index is -0.117. The van der Waals surface area contributed by atoms with E-state index in [1.807, 2.05) is 37.3 Å². The Hall–Kier alpha value is -2.09. The maximum atomic E-state index is 12.1. The quantitative estimate of drug-likeness (QED) is 0.589. The second-order valence-corrected chi connectivity index (χ2v) is 8.30. The van der Waals surface area contributed by atoms with Crippen LogP contribution in [0.1, 0.15) is 12.5 Å². The van der Waals surface area contributed by atoms with Crippen molar-refractivity contribution >= 4 is 68.1 Å². The number of hydrogen-bond acceptors (Lipinski definition) is 5. The fraction of sp³-hybridized carbons (Fsp3) is 0.167. The van der Waals surface area contributed by atoms with Gasteiger partial charge >= 0.3 is 0 Å². The average molecular weight is 406 g/mol. The number of nitrogens with zero attached hydrogens (tertiary/aromatic N) is 1. The summed E-state index contributed by atoms with van der Waals surface area (Å²) in [5.74, 6) is 0.0219. The fourth-order valence-corrected chi connectivity index (χ4v) is 4.33. The molecule has 0 saturated carbocycles. The van der Waals surface area contributed by atoms with Crippen LogP contribution < -0.4 is 10.6 Å². The van der Waals surface area contributed by atoms with Crippen LogP contribution in [0.4, 0.5) is 11.4 Å². The van der Waals surface area contributed by atoms with Crippen LogP contribution in [-0.2, 0) is 9.59 Å². The van der Waals surface area contributed by atoms with Crippen LogP contribution in [0.15, 0.2) is 40.7 Å². The number of hydrogen-bond donors (Lipinski definition) is 2. The molecule has 0 aliphatic carbocycles. The van der Waals surface area contributed by atoms with Gasteiger partial charge in [0.05, 0.1) is 16.0 Å². The second-order valence-electron chi connectivity index (χ2n) is 5.64. The van der Waals surface area contributed by atoms with E-state index in [0.29, 0.717) is 10.7 Å². The zero-order chi connectivity index (χ0) is 18.7. The van der Waals surface area contributed by atoms with E-state index in [0.717, 1.165) is 25.8 Å². The molecule has 0 saturated heterocycles. The Morgan fingerprint density at radius 1 is 1.15 bits per heavy atom. The van der Waals surface area contributed by atoms with E-state index in [-0.39, 0.29) is 17.6 Å². The van der Waals surface area contributed by atoms with Gasteiger partial charge in [0.15, 0.2) is 4.34 Å². The van der Waals surface area contributed by atoms with Gasteiger partial charge in [0.25, 0.3) is 0 Å². The predicted molar refractivity (Wildman–Crippen MR) is 109 cm³/mol. The van der Waals surface area contributed by atoms with Gasteiger partial charge in [-0.1, -0.05) is 29.4 Å². The summed E-state index contributed by atoms with van der Waals surface area (Å²) in [6, 6.07) is 11.0. The summed E-state index contributed by atoms with van der Waals surface area (Å²) < 4.78 is 1.77. The second kappa shape index (κ2) is 8.07. The third kappa shape index (κ3) is 4.75. The predicted octanol–water partition coefficient (Wildman–Crippen LogP) is 4.95. The Kier molecular flexibility index (Phi) is 5.80. The summed E-state index contributed by atoms with van der Waals surface area (Å²) in [5, 5.41) is 6.20. The van der Waals surface area contributed by atoms with Gasteiger partial charge in [0, 0.05) is 23.3 Å². The van der Waals surface area contributed by atoms with Crippen molar-refractivity contribution in [2.45, 2.75) is 18.2 Å². The molecule has 0 bridgehead atoms. The number of thioether (sulfide) groups is 1. The smallest absolute Gasteiger partial charge is 0.234 e. The Bertz CT molecular complexity index is 988. The minimum Gasteiger partial charge on any atom is -0.326 e. The Balaban J connectivity index is 1.62. The third-order valence-electron chi connectivity index (χ3n) is 3.47. The molecule has 0 unspecified atom stereocenters. The first-order chi connectivity index (χ1) is 12.4. The highest BCUT2D eigenvalue weighted by Gasteiger charge is 2.10. The molecule has 2 aromatic carbocycles. The normalized spacial score (nSPS) is 10.7. The maximum absolute atomic E-state index is 12.1. The molecule has 3 aromatic rings. The van der Waals surface area contributed by atoms with Crippen molar-refractivity contribution in [3.05, 3.63) is 47.0 Å². The van der Waals surface area contributed by atoms with E-state index >= 15 is 0 Å². The topological polar surface area (TPSA) is 71.1 Å². The summed E-state index contributed by atoms with van der Waals surface area (Å²) in [5.41, 5.74) is 3.22. The van der Waals surface area contributed by atoms with Crippen molar-refractivity contribution < 1.29 is 9.59 Å². The molecular formula is C18H16ClN3O2S2. The van der Waals surface area contributed by atoms with E-state index in [1.165, 1.54) is 30.0 Å². The molecule has 5 nitrogen and oxygen atoms in total. The minimum absolute atomic E-state index is 0.114. The highest BCUT2D eigenvalue weighted by Crippen LogP contribution is 2.31. The number of aryl methyl sites for hydroxylation is 1. The van der Waals surface area contributed by atoms with Crippen molar-refractivity contribution in [3.63, 3.8) is 0 Å². The lowest BCUT2D eigenvalue weighted by Gasteiger charge is -2.06. The number of amides is 2. The number of rotatable bonds is 5. The van der Waals surface area contributed by atoms with Crippen LogP contribution in [0.3, 0.4) is 0 Å². The molecule has 0 fully saturated rings. The molecule has 1 aromatic heterocycles. The molecule has 0 atom stereocenters. The Morgan fingerprint density at radius 2 is 1.88 bits per heavy atom. The first-order valence-electron chi connectivity index (χ1n) is 7.78. The van der Waals surface area contributed by atoms with Gasteiger partial charge in [-0.3, -0.25) is 9.59 Å². The molecule has 26 heavy (non-hydrogen) atoms. The number of nitrogens with one attached hydrogen (secondary N) is 2. The average Bonchev–Trinajstić information content (AvgIpc) is 2.98. The van der Waals surface area contributed by atoms with Gasteiger partial charge in [-0.25, -0.2) is 4.98 Å². The van der Waals surface area contributed by atoms with E-state index in [4.69, 9.17) is 11.6 Å². The SMILES string of the molecule is CC(=O)Nc1ccc2nc(SCC(=O)Nc3ccc(C)c(Cl)c3)sc2c1. The Morgan fingerprint density at radius 3 is 2.62 bits per heavy atom. The Labute approximate surface area is 164 Å². The molecule has 2 N–H and O–H groups in total. The van der Waals surface area contributed by atoms with E-state index in [2.05, 4.69) is 15.6 Å². The fourth-order valence-electron chi connectivity index (χ4n) is 2.24. The summed E-state index contributed by atoms with van der Waals surface area (Å²) in [6.45, 7) is 3.38. The summed E-state index contributed by atoms with van der Waals surface area (Å²) >= 11 is 8.93. The first-order valence-corrected chi connectivity index (χ1v) is 9.96. The molecule has 8 heteroatoms. The standard InChI is InChI=1S/C18H16ClN3O2S2/c1-10-3-4-12(7-14(10)19)21-17(24)9-25-18-22-15-6-5-13(20-11(2)23)8-16(15)26-18/h3-8H,9H2,1-2H3,(H,20,23)(H,21,24). The van der Waals surface area contributed by atoms with E-state index in [1.54, 1.807) is 6.07 Å². The van der Waals surface area contributed by atoms with Crippen molar-refractivity contribution in [1.82, 2.24) is 4.98 Å². The zero-order valence-electron chi connectivity index (χ0n) is 14.1. The number of carbonyl (C=O) groups excluding carboxylic acids is 2. The van der Waals surface area contributed by atoms with Crippen LogP contribution in [0.25, 0.3) is 10.2 Å². The molecular weight excluding hydrogens is 390 g/mol. The van der Waals surface area contributed by atoms with Gasteiger partial charge in [0.1, 0.15) is 0 Å². The van der Waals surface area contributed by atoms with Crippen molar-refractivity contribution in [3.8, 4) is 0 Å². The van der Waals surface area contributed by atoms with Crippen molar-refractivity contribution in [1.29, 1.82) is 0 Å². The first kappa shape index (κ1) is 18.7. The molecule has 0 aliphatic heterocycles. The highest BCUT2D eigenvalue weighted by molar-refractivity contribution is 8.01. The molecule has 0 aliphatic rings. The summed E-state index contributed by atoms with van der Waals surface area (Å²) in [4.78, 5) is 27.8. The monoisotopic (exact) mass is 405 g/mol. The summed E-state index contributed by atoms with van der Waals surface area (Å²) in [6.07, 6.45) is 0. The van der Waals surface area contributed by atoms with E-state index < -0.39 is 0 Å². The lowest BCUT2D eigenvalue weighted by molar-refractivity contribution is -0.114. The largest absolute Gasteiger partial charge is 0.326 e. The lowest BCUT2D eigenvalue weighted by atomic mass is 10.2. The van der Waals surface area contributed by atoms with Crippen LogP contribution in [-0.4, -0.2) is 22.6 Å². The molecule has 134 valence electrons. The molecule has 1 heterocycles. The molecule has 2 amide bonds. The van der Waals surface area contributed by atoms with Gasteiger partial charge in [0.2, 0.25) is 11.8 Å². The number of carbonyl (C=O) groups is 2. The van der Waals surface area contributed by atoms with E-state index in [9.17, 15) is 9.59 Å². The number of thiazole rings is 1. The third-order valence-corrected chi connectivity index (χ3v) is 6.04. The number of benzene rings is 2. The van der Waals surface area contributed by atoms with Crippen LogP contribution in [0.5, 0.6) is 0 Å².